The number of carbonyl (C=O) groups excluding carboxylic acids is 1. The Labute approximate surface area is 72.1 Å². The summed E-state index contributed by atoms with van der Waals surface area (Å²) < 4.78 is 4.89. The van der Waals surface area contributed by atoms with E-state index in [-0.39, 0.29) is 12.7 Å². The Bertz CT molecular complexity index is 143. The van der Waals surface area contributed by atoms with Gasteiger partial charge in [-0.05, 0) is 12.8 Å². The van der Waals surface area contributed by atoms with E-state index in [4.69, 9.17) is 9.84 Å². The third kappa shape index (κ3) is 2.70. The highest BCUT2D eigenvalue weighted by molar-refractivity contribution is 5.67. The van der Waals surface area contributed by atoms with Crippen LogP contribution in [0, 0.1) is 0 Å². The van der Waals surface area contributed by atoms with Crippen molar-refractivity contribution in [1.82, 2.24) is 4.90 Å². The van der Waals surface area contributed by atoms with Gasteiger partial charge in [0.05, 0.1) is 6.61 Å². The van der Waals surface area contributed by atoms with E-state index in [9.17, 15) is 4.79 Å². The van der Waals surface area contributed by atoms with Crippen molar-refractivity contribution in [2.75, 3.05) is 26.3 Å². The van der Waals surface area contributed by atoms with Crippen molar-refractivity contribution >= 4 is 6.09 Å². The normalized spacial score (nSPS) is 16.6. The lowest BCUT2D eigenvalue weighted by atomic mass is 10.4. The monoisotopic (exact) mass is 173 g/mol. The molecule has 0 aromatic carbocycles. The van der Waals surface area contributed by atoms with Gasteiger partial charge in [-0.15, -0.1) is 0 Å². The standard InChI is InChI=1S/C8H15NO3/c10-6-3-7-12-8(11)9-4-1-2-5-9/h10H,1-7H2. The summed E-state index contributed by atoms with van der Waals surface area (Å²) in [5, 5.41) is 8.44. The van der Waals surface area contributed by atoms with Gasteiger partial charge in [0.2, 0.25) is 0 Å². The maximum absolute atomic E-state index is 11.1. The van der Waals surface area contributed by atoms with E-state index in [0.29, 0.717) is 13.0 Å². The zero-order valence-electron chi connectivity index (χ0n) is 7.16. The van der Waals surface area contributed by atoms with Gasteiger partial charge in [0, 0.05) is 26.1 Å². The molecule has 12 heavy (non-hydrogen) atoms. The Balaban J connectivity index is 2.10. The molecule has 4 heteroatoms. The Morgan fingerprint density at radius 1 is 1.42 bits per heavy atom. The van der Waals surface area contributed by atoms with Crippen LogP contribution in [-0.2, 0) is 4.74 Å². The second-order valence-corrected chi connectivity index (χ2v) is 2.89. The quantitative estimate of drug-likeness (QED) is 0.636. The molecule has 0 atom stereocenters. The maximum Gasteiger partial charge on any atom is 0.409 e. The maximum atomic E-state index is 11.1. The van der Waals surface area contributed by atoms with Gasteiger partial charge in [-0.3, -0.25) is 0 Å². The lowest BCUT2D eigenvalue weighted by Crippen LogP contribution is -2.28. The lowest BCUT2D eigenvalue weighted by molar-refractivity contribution is 0.103. The minimum absolute atomic E-state index is 0.0767. The molecule has 0 spiro atoms. The highest BCUT2D eigenvalue weighted by Gasteiger charge is 2.18. The first-order valence-corrected chi connectivity index (χ1v) is 4.37. The van der Waals surface area contributed by atoms with E-state index >= 15 is 0 Å². The number of hydrogen-bond donors (Lipinski definition) is 1. The molecular formula is C8H15NO3. The summed E-state index contributed by atoms with van der Waals surface area (Å²) in [7, 11) is 0. The minimum Gasteiger partial charge on any atom is -0.449 e. The number of ether oxygens (including phenoxy) is 1. The van der Waals surface area contributed by atoms with E-state index in [0.717, 1.165) is 25.9 Å². The van der Waals surface area contributed by atoms with Crippen LogP contribution >= 0.6 is 0 Å². The van der Waals surface area contributed by atoms with Gasteiger partial charge in [0.25, 0.3) is 0 Å². The Morgan fingerprint density at radius 2 is 2.08 bits per heavy atom. The molecule has 0 saturated carbocycles. The number of hydrogen-bond acceptors (Lipinski definition) is 3. The van der Waals surface area contributed by atoms with Gasteiger partial charge in [-0.1, -0.05) is 0 Å². The molecule has 1 aliphatic rings. The zero-order valence-corrected chi connectivity index (χ0v) is 7.16. The zero-order chi connectivity index (χ0) is 8.81. The Kier molecular flexibility index (Phi) is 3.87. The van der Waals surface area contributed by atoms with Crippen molar-refractivity contribution in [2.45, 2.75) is 19.3 Å². The third-order valence-electron chi connectivity index (χ3n) is 1.89. The van der Waals surface area contributed by atoms with Crippen LogP contribution in [0.1, 0.15) is 19.3 Å². The van der Waals surface area contributed by atoms with Crippen molar-refractivity contribution in [2.24, 2.45) is 0 Å². The summed E-state index contributed by atoms with van der Waals surface area (Å²) >= 11 is 0. The number of aliphatic hydroxyl groups excluding tert-OH is 1. The highest BCUT2D eigenvalue weighted by atomic mass is 16.6. The fraction of sp³-hybridized carbons (Fsp3) is 0.875. The molecule has 70 valence electrons. The van der Waals surface area contributed by atoms with E-state index in [1.54, 1.807) is 4.90 Å². The van der Waals surface area contributed by atoms with Gasteiger partial charge in [-0.2, -0.15) is 0 Å². The average molecular weight is 173 g/mol. The molecule has 1 N–H and O–H groups in total. The Morgan fingerprint density at radius 3 is 2.67 bits per heavy atom. The summed E-state index contributed by atoms with van der Waals surface area (Å²) in [6, 6.07) is 0. The van der Waals surface area contributed by atoms with Crippen LogP contribution < -0.4 is 0 Å². The van der Waals surface area contributed by atoms with Gasteiger partial charge in [0.1, 0.15) is 0 Å². The first-order chi connectivity index (χ1) is 5.84. The first-order valence-electron chi connectivity index (χ1n) is 4.37. The molecule has 0 aromatic heterocycles. The molecule has 1 aliphatic heterocycles. The third-order valence-corrected chi connectivity index (χ3v) is 1.89. The molecule has 0 radical (unpaired) electrons. The molecule has 1 rings (SSSR count). The predicted molar refractivity (Wildman–Crippen MR) is 43.9 cm³/mol. The van der Waals surface area contributed by atoms with Crippen molar-refractivity contribution in [3.05, 3.63) is 0 Å². The Hall–Kier alpha value is -0.770. The molecular weight excluding hydrogens is 158 g/mol. The van der Waals surface area contributed by atoms with Crippen molar-refractivity contribution in [3.63, 3.8) is 0 Å². The second-order valence-electron chi connectivity index (χ2n) is 2.89. The molecule has 4 nitrogen and oxygen atoms in total. The minimum atomic E-state index is -0.235. The molecule has 1 fully saturated rings. The van der Waals surface area contributed by atoms with Gasteiger partial charge >= 0.3 is 6.09 Å². The predicted octanol–water partition coefficient (Wildman–Crippen LogP) is 0.601. The largest absolute Gasteiger partial charge is 0.449 e. The van der Waals surface area contributed by atoms with E-state index in [1.807, 2.05) is 0 Å². The van der Waals surface area contributed by atoms with Crippen LogP contribution in [-0.4, -0.2) is 42.4 Å². The number of amides is 1. The molecule has 1 heterocycles. The molecule has 0 aliphatic carbocycles. The number of aliphatic hydroxyl groups is 1. The number of likely N-dealkylation sites (tertiary alicyclic amines) is 1. The number of nitrogens with zero attached hydrogens (tertiary/aromatic N) is 1. The summed E-state index contributed by atoms with van der Waals surface area (Å²) in [5.74, 6) is 0. The van der Waals surface area contributed by atoms with Crippen molar-refractivity contribution < 1.29 is 14.6 Å². The summed E-state index contributed by atoms with van der Waals surface area (Å²) in [6.45, 7) is 2.04. The second kappa shape index (κ2) is 4.98. The SMILES string of the molecule is O=C(OCCCO)N1CCCC1. The molecule has 1 saturated heterocycles. The highest BCUT2D eigenvalue weighted by Crippen LogP contribution is 2.08. The summed E-state index contributed by atoms with van der Waals surface area (Å²) in [4.78, 5) is 12.8. The fourth-order valence-corrected chi connectivity index (χ4v) is 1.22. The first kappa shape index (κ1) is 9.32. The van der Waals surface area contributed by atoms with Crippen LogP contribution in [0.25, 0.3) is 0 Å². The van der Waals surface area contributed by atoms with Crippen LogP contribution in [0.15, 0.2) is 0 Å². The fourth-order valence-electron chi connectivity index (χ4n) is 1.22. The van der Waals surface area contributed by atoms with Gasteiger partial charge < -0.3 is 14.7 Å². The summed E-state index contributed by atoms with van der Waals surface area (Å²) in [6.07, 6.45) is 2.45. The van der Waals surface area contributed by atoms with E-state index < -0.39 is 0 Å². The smallest absolute Gasteiger partial charge is 0.409 e. The average Bonchev–Trinajstić information content (AvgIpc) is 2.56. The van der Waals surface area contributed by atoms with E-state index in [2.05, 4.69) is 0 Å². The van der Waals surface area contributed by atoms with E-state index in [1.165, 1.54) is 0 Å². The number of carbonyl (C=O) groups is 1. The molecule has 1 amide bonds. The molecule has 0 unspecified atom stereocenters. The van der Waals surface area contributed by atoms with Crippen LogP contribution in [0.3, 0.4) is 0 Å². The van der Waals surface area contributed by atoms with Crippen LogP contribution in [0.2, 0.25) is 0 Å². The van der Waals surface area contributed by atoms with Gasteiger partial charge in [0.15, 0.2) is 0 Å². The molecule has 0 aromatic rings. The number of rotatable bonds is 3. The van der Waals surface area contributed by atoms with Crippen molar-refractivity contribution in [1.29, 1.82) is 0 Å². The lowest BCUT2D eigenvalue weighted by Gasteiger charge is -2.14. The van der Waals surface area contributed by atoms with Crippen LogP contribution in [0.4, 0.5) is 4.79 Å². The molecule has 0 bridgehead atoms. The van der Waals surface area contributed by atoms with Crippen LogP contribution in [0.5, 0.6) is 0 Å². The summed E-state index contributed by atoms with van der Waals surface area (Å²) in [5.41, 5.74) is 0. The van der Waals surface area contributed by atoms with Crippen molar-refractivity contribution in [3.8, 4) is 0 Å². The topological polar surface area (TPSA) is 49.8 Å². The van der Waals surface area contributed by atoms with Gasteiger partial charge in [-0.25, -0.2) is 4.79 Å².